The van der Waals surface area contributed by atoms with E-state index < -0.39 is 52.6 Å². The number of hydrogen-bond acceptors (Lipinski definition) is 16. The first-order valence-corrected chi connectivity index (χ1v) is 24.2. The second-order valence-corrected chi connectivity index (χ2v) is 17.7. The van der Waals surface area contributed by atoms with Crippen LogP contribution in [-0.2, 0) is 26.3 Å². The number of hydrogen-bond donors (Lipinski definition) is 3. The lowest BCUT2D eigenvalue weighted by Crippen LogP contribution is -2.17. The molecule has 0 aliphatic rings. The molecule has 0 saturated heterocycles. The molecule has 0 radical (unpaired) electrons. The number of nitrogens with two attached hydrogens (primary N) is 1. The van der Waals surface area contributed by atoms with Gasteiger partial charge in [-0.15, -0.1) is 0 Å². The van der Waals surface area contributed by atoms with Gasteiger partial charge in [-0.2, -0.15) is 24.1 Å². The fourth-order valence-electron chi connectivity index (χ4n) is 7.78. The van der Waals surface area contributed by atoms with Gasteiger partial charge in [0.15, 0.2) is 17.5 Å². The van der Waals surface area contributed by atoms with Gasteiger partial charge in [0.2, 0.25) is 11.6 Å². The summed E-state index contributed by atoms with van der Waals surface area (Å²) in [5.41, 5.74) is 7.99. The molecule has 9 heterocycles. The molecular formula is C52H34Cl2F6N16O5. The molecule has 0 unspecified atom stereocenters. The monoisotopic (exact) mass is 1150 g/mol. The van der Waals surface area contributed by atoms with Crippen molar-refractivity contribution < 1.29 is 39.9 Å². The number of alkyl halides is 1. The zero-order chi connectivity index (χ0) is 56.7. The molecule has 0 bridgehead atoms. The summed E-state index contributed by atoms with van der Waals surface area (Å²) in [6.07, 6.45) is 6.53. The number of halogens is 8. The van der Waals surface area contributed by atoms with E-state index in [9.17, 15) is 35.9 Å². The number of nitrogen functional groups attached to an aromatic ring is 1. The Kier molecular flexibility index (Phi) is 15.9. The molecule has 0 amide bonds. The lowest BCUT2D eigenvalue weighted by atomic mass is 10.2. The van der Waals surface area contributed by atoms with Gasteiger partial charge in [0.1, 0.15) is 88.6 Å². The topological polar surface area (TPSA) is 275 Å². The SMILES string of the molecule is Nc1ccnc(-c2cc(-c3ccon3)n(Cc3cccc(Cl)c3F)n2)n1.O=c1[nH]c(-c2cc(-c3ccon3)n(Cc3cccc(Cl)c3F)n2)ncc1F.O=c1[nH]c(-c2cc(-c3ccon3)n(Cc3ccccc3F)n2)nc(CF)c1F. The highest BCUT2D eigenvalue weighted by molar-refractivity contribution is 6.31. The normalized spacial score (nSPS) is 11.1. The fraction of sp³-hybridized carbons (Fsp3) is 0.0769. The van der Waals surface area contributed by atoms with Crippen LogP contribution < -0.4 is 16.9 Å². The molecule has 21 nitrogen and oxygen atoms in total. The Bertz CT molecular complexity index is 4280. The third kappa shape index (κ3) is 12.1. The summed E-state index contributed by atoms with van der Waals surface area (Å²) < 4.78 is 101. The maximum absolute atomic E-state index is 14.3. The first kappa shape index (κ1) is 54.1. The maximum atomic E-state index is 14.3. The third-order valence-electron chi connectivity index (χ3n) is 11.6. The molecular weight excluding hydrogens is 1110 g/mol. The van der Waals surface area contributed by atoms with Crippen LogP contribution in [0, 0.1) is 29.1 Å². The van der Waals surface area contributed by atoms with E-state index in [-0.39, 0.29) is 52.7 Å². The van der Waals surface area contributed by atoms with Crippen LogP contribution >= 0.6 is 23.2 Å². The Morgan fingerprint density at radius 3 is 1.52 bits per heavy atom. The van der Waals surface area contributed by atoms with E-state index in [2.05, 4.69) is 60.7 Å². The zero-order valence-electron chi connectivity index (χ0n) is 41.0. The maximum Gasteiger partial charge on any atom is 0.287 e. The lowest BCUT2D eigenvalue weighted by Gasteiger charge is -2.07. The highest BCUT2D eigenvalue weighted by Crippen LogP contribution is 2.29. The van der Waals surface area contributed by atoms with E-state index in [1.807, 2.05) is 0 Å². The van der Waals surface area contributed by atoms with Crippen LogP contribution in [0.2, 0.25) is 10.0 Å². The Balaban J connectivity index is 0.000000136. The van der Waals surface area contributed by atoms with Crippen molar-refractivity contribution in [2.75, 3.05) is 5.73 Å². The van der Waals surface area contributed by atoms with E-state index >= 15 is 0 Å². The molecule has 0 fully saturated rings. The molecule has 408 valence electrons. The van der Waals surface area contributed by atoms with Crippen molar-refractivity contribution >= 4 is 29.0 Å². The highest BCUT2D eigenvalue weighted by atomic mass is 35.5. The number of aromatic nitrogens is 15. The van der Waals surface area contributed by atoms with Gasteiger partial charge in [-0.1, -0.05) is 81.1 Å². The molecule has 0 atom stereocenters. The van der Waals surface area contributed by atoms with Crippen LogP contribution in [0.4, 0.5) is 32.2 Å². The van der Waals surface area contributed by atoms with Crippen LogP contribution in [0.1, 0.15) is 22.4 Å². The average Bonchev–Trinajstić information content (AvgIpc) is 4.43. The van der Waals surface area contributed by atoms with Gasteiger partial charge in [-0.25, -0.2) is 37.5 Å². The van der Waals surface area contributed by atoms with Crippen molar-refractivity contribution in [3.8, 4) is 68.7 Å². The predicted molar refractivity (Wildman–Crippen MR) is 278 cm³/mol. The summed E-state index contributed by atoms with van der Waals surface area (Å²) in [4.78, 5) is 43.7. The van der Waals surface area contributed by atoms with Crippen LogP contribution in [-0.4, -0.2) is 74.7 Å². The van der Waals surface area contributed by atoms with Gasteiger partial charge in [0.25, 0.3) is 11.1 Å². The standard InChI is InChI=1S/C18H12F3N5O2.C17H10ClF2N5O2.C17H12ClFN6O/c19-8-14-16(21)18(27)23-17(22-14)13-7-15(12-5-6-28-25-12)26(24-13)9-10-3-1-2-4-11(10)20;18-10-3-1-2-9(15(10)20)8-25-14(12-4-5-27-24-12)6-13(23-25)16-21-7-11(19)17(26)22-16;18-11-3-1-2-10(16(11)19)9-25-14(12-5-7-26-24-12)8-13(23-25)17-21-6-4-15(20)22-17/h1-7H,8-9H2,(H,22,23,27);1-7H,8H2,(H,21,22,26);1-8H,9H2,(H2,20,21,22). The number of anilines is 1. The molecule has 12 aromatic rings. The number of benzene rings is 3. The molecule has 9 aromatic heterocycles. The summed E-state index contributed by atoms with van der Waals surface area (Å²) in [5.74, 6) is -3.11. The molecule has 0 saturated carbocycles. The van der Waals surface area contributed by atoms with Gasteiger partial charge in [0, 0.05) is 41.1 Å². The second-order valence-electron chi connectivity index (χ2n) is 16.9. The molecule has 12 rings (SSSR count). The summed E-state index contributed by atoms with van der Waals surface area (Å²) in [6.45, 7) is -0.998. The van der Waals surface area contributed by atoms with Gasteiger partial charge < -0.3 is 29.3 Å². The lowest BCUT2D eigenvalue weighted by molar-refractivity contribution is 0.421. The summed E-state index contributed by atoms with van der Waals surface area (Å²) in [5, 5.41) is 24.8. The quantitative estimate of drug-likeness (QED) is 0.0906. The summed E-state index contributed by atoms with van der Waals surface area (Å²) >= 11 is 11.7. The van der Waals surface area contributed by atoms with Crippen molar-refractivity contribution in [1.29, 1.82) is 0 Å². The van der Waals surface area contributed by atoms with Gasteiger partial charge in [-0.3, -0.25) is 23.6 Å². The minimum atomic E-state index is -1.28. The number of aromatic amines is 2. The smallest absolute Gasteiger partial charge is 0.287 e. The van der Waals surface area contributed by atoms with E-state index in [1.54, 1.807) is 89.7 Å². The number of nitrogens with one attached hydrogen (secondary N) is 2. The molecule has 81 heavy (non-hydrogen) atoms. The van der Waals surface area contributed by atoms with Gasteiger partial charge in [0.05, 0.1) is 53.0 Å². The first-order chi connectivity index (χ1) is 39.2. The molecule has 0 aliphatic heterocycles. The minimum Gasteiger partial charge on any atom is -0.384 e. The van der Waals surface area contributed by atoms with Crippen molar-refractivity contribution in [2.45, 2.75) is 26.3 Å². The van der Waals surface area contributed by atoms with Crippen molar-refractivity contribution in [3.63, 3.8) is 0 Å². The Hall–Kier alpha value is -10.3. The van der Waals surface area contributed by atoms with E-state index in [1.165, 1.54) is 52.4 Å². The highest BCUT2D eigenvalue weighted by Gasteiger charge is 2.22. The first-order valence-electron chi connectivity index (χ1n) is 23.4. The van der Waals surface area contributed by atoms with Gasteiger partial charge >= 0.3 is 0 Å². The van der Waals surface area contributed by atoms with Gasteiger partial charge in [-0.05, 0) is 42.5 Å². The van der Waals surface area contributed by atoms with E-state index in [0.717, 1.165) is 6.20 Å². The van der Waals surface area contributed by atoms with E-state index in [0.29, 0.717) is 68.2 Å². The minimum absolute atomic E-state index is 0.00704. The average molecular weight is 1150 g/mol. The predicted octanol–water partition coefficient (Wildman–Crippen LogP) is 9.77. The molecule has 3 aromatic carbocycles. The fourth-order valence-corrected chi connectivity index (χ4v) is 8.17. The summed E-state index contributed by atoms with van der Waals surface area (Å²) in [6, 6.07) is 26.9. The van der Waals surface area contributed by atoms with Crippen LogP contribution in [0.15, 0.2) is 157 Å². The summed E-state index contributed by atoms with van der Waals surface area (Å²) in [7, 11) is 0. The number of H-pyrrole nitrogens is 2. The van der Waals surface area contributed by atoms with E-state index in [4.69, 9.17) is 42.5 Å². The van der Waals surface area contributed by atoms with Crippen molar-refractivity contribution in [3.05, 3.63) is 217 Å². The molecule has 0 aliphatic carbocycles. The van der Waals surface area contributed by atoms with Crippen LogP contribution in [0.25, 0.3) is 68.7 Å². The second kappa shape index (κ2) is 23.8. The van der Waals surface area contributed by atoms with Crippen LogP contribution in [0.3, 0.4) is 0 Å². The van der Waals surface area contributed by atoms with Crippen molar-refractivity contribution in [2.24, 2.45) is 0 Å². The number of nitrogens with zero attached hydrogens (tertiary/aromatic N) is 13. The number of rotatable bonds is 13. The zero-order valence-corrected chi connectivity index (χ0v) is 42.5. The van der Waals surface area contributed by atoms with Crippen LogP contribution in [0.5, 0.6) is 0 Å². The van der Waals surface area contributed by atoms with Crippen molar-refractivity contribution in [1.82, 2.24) is 74.7 Å². The molecule has 4 N–H and O–H groups in total. The Morgan fingerprint density at radius 1 is 0.519 bits per heavy atom. The largest absolute Gasteiger partial charge is 0.384 e. The Labute approximate surface area is 459 Å². The third-order valence-corrected chi connectivity index (χ3v) is 12.2. The molecule has 0 spiro atoms. The Morgan fingerprint density at radius 2 is 1.01 bits per heavy atom. The molecule has 29 heteroatoms.